The van der Waals surface area contributed by atoms with Gasteiger partial charge in [-0.25, -0.2) is 0 Å². The molecule has 0 radical (unpaired) electrons. The first-order valence-corrected chi connectivity index (χ1v) is 6.22. The van der Waals surface area contributed by atoms with E-state index in [4.69, 9.17) is 28.3 Å². The smallest absolute Gasteiger partial charge is 0.139 e. The zero-order valence-corrected chi connectivity index (χ0v) is 11.0. The Morgan fingerprint density at radius 1 is 0.944 bits per heavy atom. The SMILES string of the molecule is OCc1cc(Cc2ccccc2Cl)cc(Cl)c1O. The fourth-order valence-corrected chi connectivity index (χ4v) is 2.27. The lowest BCUT2D eigenvalue weighted by Gasteiger charge is -2.09. The molecule has 0 bridgehead atoms. The molecule has 4 heteroatoms. The Hall–Kier alpha value is -1.22. The first-order chi connectivity index (χ1) is 8.61. The minimum absolute atomic E-state index is 0.0675. The summed E-state index contributed by atoms with van der Waals surface area (Å²) in [7, 11) is 0. The van der Waals surface area contributed by atoms with Gasteiger partial charge in [-0.3, -0.25) is 0 Å². The van der Waals surface area contributed by atoms with Gasteiger partial charge in [-0.1, -0.05) is 41.4 Å². The van der Waals surface area contributed by atoms with Crippen molar-refractivity contribution in [3.8, 4) is 5.75 Å². The molecule has 0 amide bonds. The highest BCUT2D eigenvalue weighted by atomic mass is 35.5. The van der Waals surface area contributed by atoms with Crippen molar-refractivity contribution in [3.05, 3.63) is 63.1 Å². The van der Waals surface area contributed by atoms with E-state index in [9.17, 15) is 5.11 Å². The molecule has 0 unspecified atom stereocenters. The Bertz CT molecular complexity index is 568. The lowest BCUT2D eigenvalue weighted by atomic mass is 10.0. The second-order valence-electron chi connectivity index (χ2n) is 4.01. The largest absolute Gasteiger partial charge is 0.506 e. The molecule has 0 atom stereocenters. The van der Waals surface area contributed by atoms with Crippen LogP contribution in [0.4, 0.5) is 0 Å². The molecule has 0 aliphatic carbocycles. The summed E-state index contributed by atoms with van der Waals surface area (Å²) in [5.41, 5.74) is 2.30. The Morgan fingerprint density at radius 3 is 2.33 bits per heavy atom. The van der Waals surface area contributed by atoms with Gasteiger partial charge in [-0.05, 0) is 35.7 Å². The molecule has 2 nitrogen and oxygen atoms in total. The summed E-state index contributed by atoms with van der Waals surface area (Å²) in [6.07, 6.45) is 0.604. The summed E-state index contributed by atoms with van der Waals surface area (Å²) >= 11 is 12.0. The van der Waals surface area contributed by atoms with Crippen LogP contribution in [0, 0.1) is 0 Å². The minimum atomic E-state index is -0.248. The predicted octanol–water partition coefficient (Wildman–Crippen LogP) is 3.78. The molecule has 2 rings (SSSR count). The van der Waals surface area contributed by atoms with Crippen LogP contribution in [0.2, 0.25) is 10.0 Å². The number of phenols is 1. The average Bonchev–Trinajstić information content (AvgIpc) is 2.36. The van der Waals surface area contributed by atoms with Gasteiger partial charge in [0.25, 0.3) is 0 Å². The number of aliphatic hydroxyl groups is 1. The molecule has 2 aromatic rings. The maximum absolute atomic E-state index is 9.62. The third kappa shape index (κ3) is 2.78. The number of halogens is 2. The number of benzene rings is 2. The standard InChI is InChI=1S/C14H12Cl2O2/c15-12-4-2-1-3-10(12)5-9-6-11(8-17)14(18)13(16)7-9/h1-4,6-7,17-18H,5,8H2. The van der Waals surface area contributed by atoms with Gasteiger partial charge in [-0.15, -0.1) is 0 Å². The lowest BCUT2D eigenvalue weighted by Crippen LogP contribution is -1.93. The molecule has 18 heavy (non-hydrogen) atoms. The third-order valence-corrected chi connectivity index (χ3v) is 3.38. The Labute approximate surface area is 115 Å². The van der Waals surface area contributed by atoms with E-state index in [-0.39, 0.29) is 17.4 Å². The van der Waals surface area contributed by atoms with E-state index in [0.717, 1.165) is 11.1 Å². The monoisotopic (exact) mass is 282 g/mol. The highest BCUT2D eigenvalue weighted by Gasteiger charge is 2.09. The second kappa shape index (κ2) is 5.61. The molecule has 0 aromatic heterocycles. The van der Waals surface area contributed by atoms with E-state index in [1.807, 2.05) is 24.3 Å². The van der Waals surface area contributed by atoms with Crippen molar-refractivity contribution in [2.75, 3.05) is 0 Å². The molecule has 0 saturated heterocycles. The van der Waals surface area contributed by atoms with Crippen LogP contribution >= 0.6 is 23.2 Å². The van der Waals surface area contributed by atoms with Gasteiger partial charge in [0, 0.05) is 10.6 Å². The Kier molecular flexibility index (Phi) is 4.12. The van der Waals surface area contributed by atoms with Gasteiger partial charge in [0.2, 0.25) is 0 Å². The summed E-state index contributed by atoms with van der Waals surface area (Å²) in [5, 5.41) is 19.7. The number of hydrogen-bond donors (Lipinski definition) is 2. The molecule has 0 saturated carbocycles. The average molecular weight is 283 g/mol. The summed E-state index contributed by atoms with van der Waals surface area (Å²) in [6, 6.07) is 10.9. The van der Waals surface area contributed by atoms with E-state index < -0.39 is 0 Å². The van der Waals surface area contributed by atoms with Crippen molar-refractivity contribution in [1.29, 1.82) is 0 Å². The summed E-state index contributed by atoms with van der Waals surface area (Å²) in [6.45, 7) is -0.248. The molecular formula is C14H12Cl2O2. The van der Waals surface area contributed by atoms with Crippen LogP contribution in [0.5, 0.6) is 5.75 Å². The van der Waals surface area contributed by atoms with Crippen LogP contribution in [0.3, 0.4) is 0 Å². The van der Waals surface area contributed by atoms with Gasteiger partial charge in [0.15, 0.2) is 0 Å². The fraction of sp³-hybridized carbons (Fsp3) is 0.143. The van der Waals surface area contributed by atoms with Crippen molar-refractivity contribution in [3.63, 3.8) is 0 Å². The molecule has 0 fully saturated rings. The van der Waals surface area contributed by atoms with Crippen molar-refractivity contribution in [2.45, 2.75) is 13.0 Å². The van der Waals surface area contributed by atoms with E-state index in [2.05, 4.69) is 0 Å². The molecule has 0 aliphatic rings. The van der Waals surface area contributed by atoms with E-state index in [1.54, 1.807) is 12.1 Å². The van der Waals surface area contributed by atoms with Crippen LogP contribution < -0.4 is 0 Å². The van der Waals surface area contributed by atoms with Gasteiger partial charge in [0.1, 0.15) is 5.75 Å². The Morgan fingerprint density at radius 2 is 1.67 bits per heavy atom. The zero-order chi connectivity index (χ0) is 13.1. The van der Waals surface area contributed by atoms with Crippen LogP contribution in [-0.4, -0.2) is 10.2 Å². The van der Waals surface area contributed by atoms with Crippen LogP contribution in [-0.2, 0) is 13.0 Å². The van der Waals surface area contributed by atoms with Crippen LogP contribution in [0.15, 0.2) is 36.4 Å². The maximum atomic E-state index is 9.62. The maximum Gasteiger partial charge on any atom is 0.139 e. The van der Waals surface area contributed by atoms with E-state index in [1.165, 1.54) is 0 Å². The first-order valence-electron chi connectivity index (χ1n) is 5.46. The molecular weight excluding hydrogens is 271 g/mol. The molecule has 2 N–H and O–H groups in total. The highest BCUT2D eigenvalue weighted by molar-refractivity contribution is 6.32. The van der Waals surface area contributed by atoms with E-state index >= 15 is 0 Å². The van der Waals surface area contributed by atoms with E-state index in [0.29, 0.717) is 17.0 Å². The van der Waals surface area contributed by atoms with Crippen LogP contribution in [0.1, 0.15) is 16.7 Å². The van der Waals surface area contributed by atoms with Gasteiger partial charge in [-0.2, -0.15) is 0 Å². The number of rotatable bonds is 3. The van der Waals surface area contributed by atoms with Gasteiger partial charge in [0.05, 0.1) is 11.6 Å². The normalized spacial score (nSPS) is 10.6. The topological polar surface area (TPSA) is 40.5 Å². The predicted molar refractivity (Wildman–Crippen MR) is 73.3 cm³/mol. The van der Waals surface area contributed by atoms with Gasteiger partial charge >= 0.3 is 0 Å². The summed E-state index contributed by atoms with van der Waals surface area (Å²) in [5.74, 6) is -0.0675. The minimum Gasteiger partial charge on any atom is -0.506 e. The first kappa shape index (κ1) is 13.2. The highest BCUT2D eigenvalue weighted by Crippen LogP contribution is 2.30. The molecule has 94 valence electrons. The lowest BCUT2D eigenvalue weighted by molar-refractivity contribution is 0.275. The number of aromatic hydroxyl groups is 1. The van der Waals surface area contributed by atoms with Crippen molar-refractivity contribution in [2.24, 2.45) is 0 Å². The van der Waals surface area contributed by atoms with Crippen molar-refractivity contribution < 1.29 is 10.2 Å². The van der Waals surface area contributed by atoms with Crippen molar-refractivity contribution in [1.82, 2.24) is 0 Å². The Balaban J connectivity index is 2.36. The number of hydrogen-bond acceptors (Lipinski definition) is 2. The van der Waals surface area contributed by atoms with Gasteiger partial charge < -0.3 is 10.2 Å². The third-order valence-electron chi connectivity index (χ3n) is 2.72. The van der Waals surface area contributed by atoms with Crippen LogP contribution in [0.25, 0.3) is 0 Å². The molecule has 2 aromatic carbocycles. The molecule has 0 heterocycles. The molecule has 0 aliphatic heterocycles. The zero-order valence-electron chi connectivity index (χ0n) is 9.53. The summed E-state index contributed by atoms with van der Waals surface area (Å²) < 4.78 is 0. The molecule has 0 spiro atoms. The fourth-order valence-electron chi connectivity index (χ4n) is 1.80. The van der Waals surface area contributed by atoms with Crippen molar-refractivity contribution >= 4 is 23.2 Å². The summed E-state index contributed by atoms with van der Waals surface area (Å²) in [4.78, 5) is 0. The quantitative estimate of drug-likeness (QED) is 0.899. The number of aliphatic hydroxyl groups excluding tert-OH is 1. The second-order valence-corrected chi connectivity index (χ2v) is 4.83.